The van der Waals surface area contributed by atoms with Crippen LogP contribution in [-0.2, 0) is 6.54 Å². The number of anilines is 2. The Hall–Kier alpha value is -3.28. The number of hydrogen-bond donors (Lipinski definition) is 1. The number of nitrogens with one attached hydrogen (secondary N) is 1. The van der Waals surface area contributed by atoms with Gasteiger partial charge in [-0.25, -0.2) is 9.97 Å². The quantitative estimate of drug-likeness (QED) is 0.719. The van der Waals surface area contributed by atoms with Crippen LogP contribution in [0.4, 0.5) is 11.6 Å². The number of amides is 1. The molecule has 1 aromatic carbocycles. The molecule has 0 aliphatic heterocycles. The molecule has 0 saturated carbocycles. The summed E-state index contributed by atoms with van der Waals surface area (Å²) in [6.45, 7) is 6.43. The van der Waals surface area contributed by atoms with Crippen LogP contribution < -0.4 is 5.32 Å². The lowest BCUT2D eigenvalue weighted by Crippen LogP contribution is -2.37. The van der Waals surface area contributed by atoms with E-state index in [1.165, 1.54) is 0 Å². The van der Waals surface area contributed by atoms with Gasteiger partial charge in [-0.15, -0.1) is 0 Å². The van der Waals surface area contributed by atoms with Crippen LogP contribution in [0.25, 0.3) is 0 Å². The number of carbonyl (C=O) groups is 1. The van der Waals surface area contributed by atoms with E-state index >= 15 is 0 Å². The van der Waals surface area contributed by atoms with Crippen molar-refractivity contribution in [2.75, 3.05) is 5.32 Å². The van der Waals surface area contributed by atoms with Gasteiger partial charge < -0.3 is 10.2 Å². The van der Waals surface area contributed by atoms with Crippen molar-refractivity contribution in [3.05, 3.63) is 77.9 Å². The van der Waals surface area contributed by atoms with E-state index in [4.69, 9.17) is 0 Å². The van der Waals surface area contributed by atoms with Gasteiger partial charge >= 0.3 is 0 Å². The molecule has 3 rings (SSSR count). The predicted octanol–water partition coefficient (Wildman–Crippen LogP) is 3.97. The Labute approximate surface area is 159 Å². The molecule has 0 bridgehead atoms. The third kappa shape index (κ3) is 4.67. The number of aryl methyl sites for hydroxylation is 1. The van der Waals surface area contributed by atoms with E-state index in [9.17, 15) is 4.79 Å². The molecule has 1 amide bonds. The summed E-state index contributed by atoms with van der Waals surface area (Å²) in [7, 11) is 0. The van der Waals surface area contributed by atoms with Gasteiger partial charge in [0, 0.05) is 30.3 Å². The van der Waals surface area contributed by atoms with Crippen LogP contribution in [0, 0.1) is 6.92 Å². The normalized spacial score (nSPS) is 10.7. The Kier molecular flexibility index (Phi) is 5.76. The fourth-order valence-corrected chi connectivity index (χ4v) is 2.65. The van der Waals surface area contributed by atoms with Gasteiger partial charge in [0.05, 0.1) is 17.8 Å². The number of aromatic nitrogens is 3. The first-order valence-corrected chi connectivity index (χ1v) is 8.90. The highest BCUT2D eigenvalue weighted by molar-refractivity contribution is 5.93. The van der Waals surface area contributed by atoms with E-state index in [0.717, 1.165) is 16.9 Å². The van der Waals surface area contributed by atoms with Crippen molar-refractivity contribution in [3.63, 3.8) is 0 Å². The first kappa shape index (κ1) is 18.5. The Morgan fingerprint density at radius 3 is 2.37 bits per heavy atom. The van der Waals surface area contributed by atoms with Gasteiger partial charge in [-0.3, -0.25) is 9.78 Å². The number of nitrogens with zero attached hydrogens (tertiary/aromatic N) is 4. The zero-order valence-electron chi connectivity index (χ0n) is 15.8. The molecule has 0 spiro atoms. The van der Waals surface area contributed by atoms with Crippen molar-refractivity contribution in [1.82, 2.24) is 19.9 Å². The monoisotopic (exact) mass is 361 g/mol. The van der Waals surface area contributed by atoms with Gasteiger partial charge in [-0.2, -0.15) is 0 Å². The predicted molar refractivity (Wildman–Crippen MR) is 106 cm³/mol. The van der Waals surface area contributed by atoms with Crippen molar-refractivity contribution in [1.29, 1.82) is 0 Å². The summed E-state index contributed by atoms with van der Waals surface area (Å²) >= 11 is 0. The number of carbonyl (C=O) groups excluding carboxylic acids is 1. The molecule has 2 heterocycles. The highest BCUT2D eigenvalue weighted by Crippen LogP contribution is 2.15. The number of rotatable bonds is 6. The third-order valence-electron chi connectivity index (χ3n) is 4.25. The maximum atomic E-state index is 13.0. The lowest BCUT2D eigenvalue weighted by Gasteiger charge is -2.27. The van der Waals surface area contributed by atoms with Crippen molar-refractivity contribution in [3.8, 4) is 0 Å². The minimum atomic E-state index is -0.110. The van der Waals surface area contributed by atoms with Crippen LogP contribution >= 0.6 is 0 Å². The molecule has 2 aromatic heterocycles. The minimum absolute atomic E-state index is 0.0287. The Morgan fingerprint density at radius 2 is 1.74 bits per heavy atom. The van der Waals surface area contributed by atoms with E-state index in [0.29, 0.717) is 18.1 Å². The van der Waals surface area contributed by atoms with Crippen molar-refractivity contribution >= 4 is 17.5 Å². The smallest absolute Gasteiger partial charge is 0.257 e. The average molecular weight is 361 g/mol. The van der Waals surface area contributed by atoms with Crippen LogP contribution in [0.5, 0.6) is 0 Å². The first-order chi connectivity index (χ1) is 13.0. The van der Waals surface area contributed by atoms with Crippen molar-refractivity contribution < 1.29 is 4.79 Å². The van der Waals surface area contributed by atoms with Crippen LogP contribution in [0.1, 0.15) is 35.5 Å². The van der Waals surface area contributed by atoms with E-state index < -0.39 is 0 Å². The fourth-order valence-electron chi connectivity index (χ4n) is 2.65. The Morgan fingerprint density at radius 1 is 1.04 bits per heavy atom. The van der Waals surface area contributed by atoms with Gasteiger partial charge in [0.25, 0.3) is 5.91 Å². The standard InChI is InChI=1S/C21H23N5O/c1-15(2)26(14-19-16(3)8-7-11-22-19)20(27)17-12-23-21(24-13-17)25-18-9-5-4-6-10-18/h4-13,15H,14H2,1-3H3,(H,23,24,25). The number of para-hydroxylation sites is 1. The van der Waals surface area contributed by atoms with E-state index in [1.807, 2.05) is 63.2 Å². The molecular formula is C21H23N5O. The lowest BCUT2D eigenvalue weighted by atomic mass is 10.1. The first-order valence-electron chi connectivity index (χ1n) is 8.90. The second-order valence-corrected chi connectivity index (χ2v) is 6.58. The maximum Gasteiger partial charge on any atom is 0.257 e. The molecule has 0 saturated heterocycles. The highest BCUT2D eigenvalue weighted by atomic mass is 16.2. The topological polar surface area (TPSA) is 71.0 Å². The molecule has 138 valence electrons. The number of pyridine rings is 1. The fraction of sp³-hybridized carbons (Fsp3) is 0.238. The van der Waals surface area contributed by atoms with Crippen LogP contribution in [0.15, 0.2) is 61.1 Å². The second-order valence-electron chi connectivity index (χ2n) is 6.58. The minimum Gasteiger partial charge on any atom is -0.330 e. The summed E-state index contributed by atoms with van der Waals surface area (Å²) in [6.07, 6.45) is 4.86. The summed E-state index contributed by atoms with van der Waals surface area (Å²) < 4.78 is 0. The molecule has 0 fully saturated rings. The Balaban J connectivity index is 1.75. The molecule has 6 heteroatoms. The molecule has 0 aliphatic carbocycles. The van der Waals surface area contributed by atoms with Gasteiger partial charge in [0.15, 0.2) is 0 Å². The van der Waals surface area contributed by atoms with E-state index in [1.54, 1.807) is 23.5 Å². The molecule has 6 nitrogen and oxygen atoms in total. The Bertz CT molecular complexity index is 894. The van der Waals surface area contributed by atoms with Crippen molar-refractivity contribution in [2.45, 2.75) is 33.4 Å². The van der Waals surface area contributed by atoms with Gasteiger partial charge in [0.2, 0.25) is 5.95 Å². The molecule has 0 radical (unpaired) electrons. The van der Waals surface area contributed by atoms with Gasteiger partial charge in [-0.1, -0.05) is 24.3 Å². The molecule has 0 unspecified atom stereocenters. The van der Waals surface area contributed by atoms with Crippen LogP contribution in [-0.4, -0.2) is 31.8 Å². The van der Waals surface area contributed by atoms with E-state index in [-0.39, 0.29) is 11.9 Å². The number of hydrogen-bond acceptors (Lipinski definition) is 5. The van der Waals surface area contributed by atoms with Gasteiger partial charge in [-0.05, 0) is 44.5 Å². The molecule has 1 N–H and O–H groups in total. The molecule has 27 heavy (non-hydrogen) atoms. The van der Waals surface area contributed by atoms with E-state index in [2.05, 4.69) is 20.3 Å². The summed E-state index contributed by atoms with van der Waals surface area (Å²) in [4.78, 5) is 27.7. The SMILES string of the molecule is Cc1cccnc1CN(C(=O)c1cnc(Nc2ccccc2)nc1)C(C)C. The number of benzene rings is 1. The lowest BCUT2D eigenvalue weighted by molar-refractivity contribution is 0.0686. The van der Waals surface area contributed by atoms with Crippen LogP contribution in [0.3, 0.4) is 0 Å². The zero-order valence-corrected chi connectivity index (χ0v) is 15.8. The zero-order chi connectivity index (χ0) is 19.2. The molecule has 0 atom stereocenters. The summed E-state index contributed by atoms with van der Waals surface area (Å²) in [5.41, 5.74) is 3.30. The molecule has 0 aliphatic rings. The maximum absolute atomic E-state index is 13.0. The van der Waals surface area contributed by atoms with Crippen LogP contribution in [0.2, 0.25) is 0 Å². The summed E-state index contributed by atoms with van der Waals surface area (Å²) in [5.74, 6) is 0.343. The highest BCUT2D eigenvalue weighted by Gasteiger charge is 2.21. The van der Waals surface area contributed by atoms with Crippen molar-refractivity contribution in [2.24, 2.45) is 0 Å². The molecular weight excluding hydrogens is 338 g/mol. The third-order valence-corrected chi connectivity index (χ3v) is 4.25. The second kappa shape index (κ2) is 8.40. The summed E-state index contributed by atoms with van der Waals surface area (Å²) in [5, 5.41) is 3.11. The average Bonchev–Trinajstić information content (AvgIpc) is 2.68. The summed E-state index contributed by atoms with van der Waals surface area (Å²) in [6, 6.07) is 13.6. The molecule has 3 aromatic rings. The van der Waals surface area contributed by atoms with Gasteiger partial charge in [0.1, 0.15) is 0 Å². The largest absolute Gasteiger partial charge is 0.330 e.